The van der Waals surface area contributed by atoms with Gasteiger partial charge in [0.25, 0.3) is 0 Å². The minimum absolute atomic E-state index is 0.0625. The van der Waals surface area contributed by atoms with Crippen molar-refractivity contribution in [2.24, 2.45) is 17.3 Å². The Balaban J connectivity index is 2.42. The third kappa shape index (κ3) is 7.29. The third-order valence-corrected chi connectivity index (χ3v) is 7.82. The minimum atomic E-state index is -4.35. The first-order valence-corrected chi connectivity index (χ1v) is 13.6. The Morgan fingerprint density at radius 1 is 1.11 bits per heavy atom. The van der Waals surface area contributed by atoms with Gasteiger partial charge in [0.05, 0.1) is 10.8 Å². The Kier molecular flexibility index (Phi) is 9.48. The quantitative estimate of drug-likeness (QED) is 0.349. The first-order valence-electron chi connectivity index (χ1n) is 12.2. The van der Waals surface area contributed by atoms with Crippen LogP contribution in [-0.2, 0) is 35.6 Å². The maximum Gasteiger partial charge on any atom is 0.322 e. The van der Waals surface area contributed by atoms with Crippen LogP contribution in [0.15, 0.2) is 23.1 Å². The molecule has 4 N–H and O–H groups in total. The molecule has 0 saturated carbocycles. The minimum Gasteiger partial charge on any atom is -0.480 e. The zero-order valence-corrected chi connectivity index (χ0v) is 23.2. The molecule has 0 radical (unpaired) electrons. The molecule has 3 atom stereocenters. The molecule has 0 aromatic heterocycles. The molecule has 206 valence electrons. The highest BCUT2D eigenvalue weighted by atomic mass is 32.2. The van der Waals surface area contributed by atoms with Gasteiger partial charge in [0, 0.05) is 26.2 Å². The smallest absolute Gasteiger partial charge is 0.322 e. The summed E-state index contributed by atoms with van der Waals surface area (Å²) in [5.74, 6) is -4.22. The Hall–Kier alpha value is -2.99. The van der Waals surface area contributed by atoms with E-state index in [1.165, 1.54) is 30.1 Å². The van der Waals surface area contributed by atoms with Gasteiger partial charge in [0.1, 0.15) is 12.1 Å². The first kappa shape index (κ1) is 30.2. The zero-order valence-electron chi connectivity index (χ0n) is 22.4. The predicted octanol–water partition coefficient (Wildman–Crippen LogP) is 1.27. The lowest BCUT2D eigenvalue weighted by Crippen LogP contribution is -2.58. The zero-order chi connectivity index (χ0) is 28.3. The number of likely N-dealkylation sites (N-methyl/N-ethyl adjacent to an activating group) is 1. The van der Waals surface area contributed by atoms with Crippen LogP contribution < -0.4 is 20.3 Å². The van der Waals surface area contributed by atoms with E-state index >= 15 is 0 Å². The average Bonchev–Trinajstić information content (AvgIpc) is 2.80. The Morgan fingerprint density at radius 2 is 1.73 bits per heavy atom. The number of carbonyl (C=O) groups is 4. The number of amides is 3. The molecule has 0 aliphatic carbocycles. The molecular weight excluding hydrogens is 500 g/mol. The second-order valence-electron chi connectivity index (χ2n) is 10.8. The number of rotatable bonds is 10. The molecule has 1 aromatic carbocycles. The summed E-state index contributed by atoms with van der Waals surface area (Å²) in [5, 5.41) is 15.1. The van der Waals surface area contributed by atoms with Crippen LogP contribution >= 0.6 is 0 Å². The number of aliphatic carboxylic acids is 1. The number of fused-ring (bicyclic) bond motifs is 1. The third-order valence-electron chi connectivity index (χ3n) is 6.38. The topological polar surface area (TPSA) is 162 Å². The lowest BCUT2D eigenvalue weighted by atomic mass is 9.84. The first-order chi connectivity index (χ1) is 17.0. The van der Waals surface area contributed by atoms with Gasteiger partial charge in [-0.05, 0) is 47.9 Å². The number of sulfonamides is 1. The molecule has 0 saturated heterocycles. The van der Waals surface area contributed by atoms with Gasteiger partial charge in [0.15, 0.2) is 0 Å². The Morgan fingerprint density at radius 3 is 2.24 bits per heavy atom. The molecule has 2 rings (SSSR count). The molecule has 0 spiro atoms. The number of nitrogens with zero attached hydrogens (tertiary/aromatic N) is 1. The van der Waals surface area contributed by atoms with E-state index in [0.29, 0.717) is 17.7 Å². The summed E-state index contributed by atoms with van der Waals surface area (Å²) in [6.45, 7) is 8.83. The number of nitrogens with one attached hydrogen (secondary N) is 3. The average molecular weight is 539 g/mol. The lowest BCUT2D eigenvalue weighted by molar-refractivity contribution is -0.144. The fourth-order valence-electron chi connectivity index (χ4n) is 4.31. The van der Waals surface area contributed by atoms with Gasteiger partial charge in [0.2, 0.25) is 27.7 Å². The van der Waals surface area contributed by atoms with Crippen molar-refractivity contribution in [2.45, 2.75) is 70.9 Å². The second kappa shape index (κ2) is 11.6. The summed E-state index contributed by atoms with van der Waals surface area (Å²) in [6, 6.07) is 1.47. The van der Waals surface area contributed by atoms with E-state index in [-0.39, 0.29) is 29.6 Å². The number of carboxylic acids is 1. The van der Waals surface area contributed by atoms with Crippen LogP contribution in [0.1, 0.15) is 53.0 Å². The van der Waals surface area contributed by atoms with Gasteiger partial charge in [-0.15, -0.1) is 0 Å². The normalized spacial score (nSPS) is 16.5. The van der Waals surface area contributed by atoms with E-state index in [9.17, 15) is 32.7 Å². The van der Waals surface area contributed by atoms with Crippen molar-refractivity contribution in [3.63, 3.8) is 0 Å². The van der Waals surface area contributed by atoms with Crippen LogP contribution in [0, 0.1) is 17.3 Å². The molecule has 3 amide bonds. The summed E-state index contributed by atoms with van der Waals surface area (Å²) < 4.78 is 28.8. The van der Waals surface area contributed by atoms with Crippen LogP contribution in [0.5, 0.6) is 0 Å². The van der Waals surface area contributed by atoms with Crippen LogP contribution in [0.2, 0.25) is 0 Å². The fraction of sp³-hybridized carbons (Fsp3) is 0.600. The van der Waals surface area contributed by atoms with E-state index < -0.39 is 51.2 Å². The maximum absolute atomic E-state index is 13.4. The fourth-order valence-corrected chi connectivity index (χ4v) is 5.59. The molecule has 0 bridgehead atoms. The maximum atomic E-state index is 13.4. The van der Waals surface area contributed by atoms with Crippen molar-refractivity contribution < 1.29 is 32.7 Å². The lowest BCUT2D eigenvalue weighted by Gasteiger charge is -2.33. The van der Waals surface area contributed by atoms with Crippen molar-refractivity contribution in [1.82, 2.24) is 15.4 Å². The van der Waals surface area contributed by atoms with Crippen molar-refractivity contribution in [1.29, 1.82) is 0 Å². The number of benzene rings is 1. The Bertz CT molecular complexity index is 1160. The van der Waals surface area contributed by atoms with Gasteiger partial charge in [-0.3, -0.25) is 19.2 Å². The van der Waals surface area contributed by atoms with Crippen LogP contribution in [0.3, 0.4) is 0 Å². The summed E-state index contributed by atoms with van der Waals surface area (Å²) in [4.78, 5) is 51.3. The van der Waals surface area contributed by atoms with Crippen molar-refractivity contribution in [2.75, 3.05) is 19.0 Å². The van der Waals surface area contributed by atoms with E-state index in [0.717, 1.165) is 0 Å². The molecule has 1 heterocycles. The predicted molar refractivity (Wildman–Crippen MR) is 138 cm³/mol. The van der Waals surface area contributed by atoms with E-state index in [2.05, 4.69) is 15.4 Å². The monoisotopic (exact) mass is 538 g/mol. The number of anilines is 1. The summed E-state index contributed by atoms with van der Waals surface area (Å²) in [5.41, 5.74) is 0.546. The van der Waals surface area contributed by atoms with Gasteiger partial charge < -0.3 is 20.6 Å². The summed E-state index contributed by atoms with van der Waals surface area (Å²) in [6.07, 6.45) is 0.651. The highest BCUT2D eigenvalue weighted by Gasteiger charge is 2.41. The molecule has 0 unspecified atom stereocenters. The molecule has 1 aromatic rings. The van der Waals surface area contributed by atoms with Crippen molar-refractivity contribution in [3.05, 3.63) is 23.8 Å². The van der Waals surface area contributed by atoms with Gasteiger partial charge in [-0.25, -0.2) is 8.42 Å². The van der Waals surface area contributed by atoms with Crippen LogP contribution in [0.25, 0.3) is 0 Å². The molecule has 11 nitrogen and oxygen atoms in total. The Labute approximate surface area is 218 Å². The van der Waals surface area contributed by atoms with Gasteiger partial charge >= 0.3 is 5.97 Å². The number of aryl methyl sites for hydroxylation is 1. The highest BCUT2D eigenvalue weighted by Crippen LogP contribution is 2.29. The van der Waals surface area contributed by atoms with Crippen LogP contribution in [-0.4, -0.2) is 63.4 Å². The van der Waals surface area contributed by atoms with E-state index in [4.69, 9.17) is 0 Å². The van der Waals surface area contributed by atoms with Crippen LogP contribution in [0.4, 0.5) is 5.69 Å². The molecule has 1 aliphatic rings. The summed E-state index contributed by atoms with van der Waals surface area (Å²) in [7, 11) is -1.32. The number of carbonyl (C=O) groups excluding carboxylic acids is 3. The SMILES string of the molecule is CNC(=O)[C@@H](NC(=O)[C@H](CC(C)C)[C@H](NS(=O)(=O)c1ccc2c(c1)CCC(=O)N2C)C(=O)O)C(C)(C)C. The number of carboxylic acid groups (broad SMARTS) is 1. The largest absolute Gasteiger partial charge is 0.480 e. The number of hydrogen-bond acceptors (Lipinski definition) is 6. The molecule has 0 fully saturated rings. The van der Waals surface area contributed by atoms with E-state index in [1.807, 2.05) is 0 Å². The standard InChI is InChI=1S/C25H38N4O7S/c1-14(2)12-17(22(31)27-21(23(32)26-6)25(3,4)5)20(24(33)34)28-37(35,36)16-9-10-18-15(13-16)8-11-19(30)29(18)7/h9-10,13-14,17,20-21,28H,8,11-12H2,1-7H3,(H,26,32)(H,27,31)(H,33,34)/t17-,20+,21-/m1/s1. The number of hydrogen-bond donors (Lipinski definition) is 4. The molecule has 12 heteroatoms. The molecular formula is C25H38N4O7S. The highest BCUT2D eigenvalue weighted by molar-refractivity contribution is 7.89. The van der Waals surface area contributed by atoms with Gasteiger partial charge in [-0.1, -0.05) is 34.6 Å². The molecule has 37 heavy (non-hydrogen) atoms. The van der Waals surface area contributed by atoms with Gasteiger partial charge in [-0.2, -0.15) is 4.72 Å². The molecule has 1 aliphatic heterocycles. The second-order valence-corrected chi connectivity index (χ2v) is 12.6. The van der Waals surface area contributed by atoms with E-state index in [1.54, 1.807) is 41.7 Å². The van der Waals surface area contributed by atoms with Crippen molar-refractivity contribution in [3.8, 4) is 0 Å². The summed E-state index contributed by atoms with van der Waals surface area (Å²) >= 11 is 0. The van der Waals surface area contributed by atoms with Crippen molar-refractivity contribution >= 4 is 39.4 Å².